The van der Waals surface area contributed by atoms with Crippen LogP contribution in [-0.4, -0.2) is 78.3 Å². The Morgan fingerprint density at radius 3 is 1.10 bits per heavy atom. The zero-order valence-corrected chi connectivity index (χ0v) is 13.4. The molecule has 2 atom stereocenters. The molecule has 4 nitrogen and oxygen atoms in total. The quantitative estimate of drug-likeness (QED) is 0.356. The van der Waals surface area contributed by atoms with Crippen molar-refractivity contribution in [1.82, 2.24) is 0 Å². The molecular weight excluding hydrogens is 258 g/mol. The van der Waals surface area contributed by atoms with Gasteiger partial charge in [-0.25, -0.2) is 0 Å². The van der Waals surface area contributed by atoms with E-state index in [-0.39, 0.29) is 98.7 Å². The summed E-state index contributed by atoms with van der Waals surface area (Å²) in [5.41, 5.74) is 0. The van der Waals surface area contributed by atoms with Crippen LogP contribution in [0.15, 0.2) is 0 Å². The van der Waals surface area contributed by atoms with Gasteiger partial charge < -0.3 is 5.71 Å². The van der Waals surface area contributed by atoms with Crippen molar-refractivity contribution in [3.8, 4) is 0 Å². The first-order valence-corrected chi connectivity index (χ1v) is 2.10. The Bertz CT molecular complexity index is 119. The van der Waals surface area contributed by atoms with E-state index in [0.717, 1.165) is 0 Å². The third-order valence-corrected chi connectivity index (χ3v) is 0. The van der Waals surface area contributed by atoms with Gasteiger partial charge in [-0.05, 0) is 0 Å². The van der Waals surface area contributed by atoms with Gasteiger partial charge in [-0.3, -0.25) is 9.11 Å². The zero-order valence-electron chi connectivity index (χ0n) is 9.36. The topological polar surface area (TPSA) is 74.6 Å². The first-order chi connectivity index (χ1) is 2.00. The van der Waals surface area contributed by atoms with E-state index in [1.165, 1.54) is 0 Å². The summed E-state index contributed by atoms with van der Waals surface area (Å²) in [6, 6.07) is 0. The second-order valence-corrected chi connectivity index (χ2v) is 1.34. The fraction of sp³-hybridized carbons (Fsp3) is 0. The van der Waals surface area contributed by atoms with Gasteiger partial charge in [0, 0.05) is 0 Å². The van der Waals surface area contributed by atoms with Gasteiger partial charge in [0.2, 0.25) is 0 Å². The van der Waals surface area contributed by atoms with Gasteiger partial charge in [-0.2, -0.15) is 28.2 Å². The molecule has 2 N–H and O–H groups in total. The van der Waals surface area contributed by atoms with E-state index in [4.69, 9.17) is 17.5 Å². The van der Waals surface area contributed by atoms with E-state index in [1.54, 1.807) is 0 Å². The van der Waals surface area contributed by atoms with Gasteiger partial charge in [-0.1, -0.05) is 0 Å². The summed E-state index contributed by atoms with van der Waals surface area (Å²) in [4.78, 5) is 0. The molecule has 0 bridgehead atoms. The van der Waals surface area contributed by atoms with Crippen LogP contribution in [0.25, 0.3) is 0 Å². The Morgan fingerprint density at radius 1 is 1.10 bits per heavy atom. The SMILES string of the molecule is Cl.O=S(=O)(O)O.P.P.[Ca+2].[H-].[H-].[H-].[H-].[Mg+2]. The molecule has 0 aromatic rings. The standard InChI is InChI=1S/Ca.ClH.Mg.H2O4S.2H3P.4H/c;;;1-5(2,3)4;;;;;;/h;1H;;(H2,1,2,3,4);2*1H3;;;;/q+2;;+2;;;;4*-1. The fourth-order valence-corrected chi connectivity index (χ4v) is 0. The number of hydrogen-bond donors (Lipinski definition) is 2. The third-order valence-electron chi connectivity index (χ3n) is 0. The fourth-order valence-electron chi connectivity index (χ4n) is 0. The molecular formula is H13CaClMgO4P2S. The van der Waals surface area contributed by atoms with Crippen molar-refractivity contribution in [2.75, 3.05) is 0 Å². The van der Waals surface area contributed by atoms with E-state index < -0.39 is 10.4 Å². The molecule has 0 fully saturated rings. The molecule has 2 unspecified atom stereocenters. The van der Waals surface area contributed by atoms with Gasteiger partial charge in [-0.15, -0.1) is 12.4 Å². The Hall–Kier alpha value is 3.05. The molecule has 10 heteroatoms. The average Bonchev–Trinajstić information content (AvgIpc) is 0.722. The predicted molar refractivity (Wildman–Crippen MR) is 59.6 cm³/mol. The molecule has 0 saturated heterocycles. The molecule has 0 aromatic heterocycles. The van der Waals surface area contributed by atoms with E-state index in [9.17, 15) is 0 Å². The van der Waals surface area contributed by atoms with E-state index in [1.807, 2.05) is 0 Å². The van der Waals surface area contributed by atoms with Crippen molar-refractivity contribution in [3.05, 3.63) is 0 Å². The van der Waals surface area contributed by atoms with E-state index in [0.29, 0.717) is 0 Å². The maximum Gasteiger partial charge on any atom is 2.00 e. The minimum atomic E-state index is -4.67. The summed E-state index contributed by atoms with van der Waals surface area (Å²) >= 11 is 0. The minimum Gasteiger partial charge on any atom is -1.00 e. The molecule has 0 amide bonds. The van der Waals surface area contributed by atoms with Gasteiger partial charge in [0.15, 0.2) is 0 Å². The summed E-state index contributed by atoms with van der Waals surface area (Å²) in [7, 11) is -4.67. The molecule has 0 aliphatic rings. The molecule has 10 heavy (non-hydrogen) atoms. The molecule has 0 aliphatic carbocycles. The van der Waals surface area contributed by atoms with Crippen molar-refractivity contribution < 1.29 is 23.2 Å². The van der Waals surface area contributed by atoms with Gasteiger partial charge >= 0.3 is 71.2 Å². The van der Waals surface area contributed by atoms with Crippen LogP contribution in [0.1, 0.15) is 5.71 Å². The maximum atomic E-state index is 8.74. The molecule has 0 aliphatic heterocycles. The Balaban J connectivity index is -0.00000000222. The van der Waals surface area contributed by atoms with E-state index >= 15 is 0 Å². The molecule has 64 valence electrons. The normalized spacial score (nSPS) is 5.80. The molecule has 0 rings (SSSR count). The Morgan fingerprint density at radius 2 is 1.10 bits per heavy atom. The van der Waals surface area contributed by atoms with Crippen molar-refractivity contribution in [3.63, 3.8) is 0 Å². The maximum absolute atomic E-state index is 8.74. The van der Waals surface area contributed by atoms with Crippen LogP contribution in [0, 0.1) is 0 Å². The van der Waals surface area contributed by atoms with Crippen LogP contribution in [0.3, 0.4) is 0 Å². The second-order valence-electron chi connectivity index (χ2n) is 0.448. The van der Waals surface area contributed by atoms with Crippen LogP contribution in [0.4, 0.5) is 0 Å². The molecule has 0 heterocycles. The van der Waals surface area contributed by atoms with Gasteiger partial charge in [0.1, 0.15) is 0 Å². The summed E-state index contributed by atoms with van der Waals surface area (Å²) in [5, 5.41) is 0. The predicted octanol–water partition coefficient (Wildman–Crippen LogP) is -0.426. The number of rotatable bonds is 0. The number of hydrogen-bond acceptors (Lipinski definition) is 2. The summed E-state index contributed by atoms with van der Waals surface area (Å²) in [6.07, 6.45) is 0. The first-order valence-electron chi connectivity index (χ1n) is 0.698. The Labute approximate surface area is 125 Å². The summed E-state index contributed by atoms with van der Waals surface area (Å²) < 4.78 is 31.6. The van der Waals surface area contributed by atoms with Crippen molar-refractivity contribution in [1.29, 1.82) is 0 Å². The van der Waals surface area contributed by atoms with Gasteiger partial charge in [0.25, 0.3) is 0 Å². The van der Waals surface area contributed by atoms with Crippen molar-refractivity contribution in [2.24, 2.45) is 0 Å². The smallest absolute Gasteiger partial charge is 1.00 e. The summed E-state index contributed by atoms with van der Waals surface area (Å²) in [5.74, 6) is 0. The molecule has 0 aromatic carbocycles. The van der Waals surface area contributed by atoms with Crippen molar-refractivity contribution in [2.45, 2.75) is 0 Å². The van der Waals surface area contributed by atoms with Crippen molar-refractivity contribution >= 4 is 103 Å². The monoisotopic (exact) mass is 270 g/mol. The largest absolute Gasteiger partial charge is 2.00 e. The second kappa shape index (κ2) is 18.0. The first kappa shape index (κ1) is 38.1. The van der Waals surface area contributed by atoms with Gasteiger partial charge in [0.05, 0.1) is 0 Å². The van der Waals surface area contributed by atoms with Crippen LogP contribution >= 0.6 is 32.2 Å². The molecule has 0 radical (unpaired) electrons. The van der Waals surface area contributed by atoms with E-state index in [2.05, 4.69) is 0 Å². The molecule has 0 spiro atoms. The van der Waals surface area contributed by atoms with Crippen LogP contribution in [0.5, 0.6) is 0 Å². The minimum absolute atomic E-state index is 0. The van der Waals surface area contributed by atoms with Crippen LogP contribution in [0.2, 0.25) is 0 Å². The van der Waals surface area contributed by atoms with Crippen LogP contribution < -0.4 is 0 Å². The average molecular weight is 271 g/mol. The Kier molecular flexibility index (Phi) is 68.5. The zero-order chi connectivity index (χ0) is 4.50. The third kappa shape index (κ3) is 120. The number of halogens is 1. The summed E-state index contributed by atoms with van der Waals surface area (Å²) in [6.45, 7) is 0. The molecule has 0 saturated carbocycles. The van der Waals surface area contributed by atoms with Crippen LogP contribution in [-0.2, 0) is 10.4 Å².